The third kappa shape index (κ3) is 5.67. The van der Waals surface area contributed by atoms with Crippen LogP contribution < -0.4 is 5.32 Å². The smallest absolute Gasteiger partial charge is 0.335 e. The maximum Gasteiger partial charge on any atom is 0.335 e. The normalized spacial score (nSPS) is 12.5. The predicted molar refractivity (Wildman–Crippen MR) is 82.5 cm³/mol. The number of carbonyl (C=O) groups is 2. The molecule has 0 saturated carbocycles. The van der Waals surface area contributed by atoms with Gasteiger partial charge in [0.2, 0.25) is 0 Å². The predicted octanol–water partition coefficient (Wildman–Crippen LogP) is 1.82. The molecule has 0 aromatic heterocycles. The van der Waals surface area contributed by atoms with E-state index in [-0.39, 0.29) is 23.1 Å². The molecule has 1 atom stereocenters. The number of aromatic carboxylic acids is 1. The zero-order chi connectivity index (χ0) is 17.8. The molecule has 0 aliphatic rings. The highest BCUT2D eigenvalue weighted by Crippen LogP contribution is 2.22. The Morgan fingerprint density at radius 3 is 2.35 bits per heavy atom. The quantitative estimate of drug-likeness (QED) is 0.518. The number of nitrogens with zero attached hydrogens (tertiary/aromatic N) is 1. The van der Waals surface area contributed by atoms with Crippen molar-refractivity contribution in [2.24, 2.45) is 5.41 Å². The van der Waals surface area contributed by atoms with E-state index >= 15 is 0 Å². The second-order valence-electron chi connectivity index (χ2n) is 6.23. The molecule has 0 aliphatic carbocycles. The number of hydrogen-bond acceptors (Lipinski definition) is 5. The lowest BCUT2D eigenvalue weighted by atomic mass is 9.87. The number of nitrogens with one attached hydrogen (secondary N) is 1. The Labute approximate surface area is 133 Å². The maximum absolute atomic E-state index is 12.1. The summed E-state index contributed by atoms with van der Waals surface area (Å²) in [6.45, 7) is 5.59. The lowest BCUT2D eigenvalue weighted by molar-refractivity contribution is -0.384. The lowest BCUT2D eigenvalue weighted by Crippen LogP contribution is -2.35. The van der Waals surface area contributed by atoms with Gasteiger partial charge in [-0.3, -0.25) is 14.9 Å². The number of nitro groups is 1. The molecule has 1 unspecified atom stereocenters. The van der Waals surface area contributed by atoms with Crippen LogP contribution in [0.4, 0.5) is 5.69 Å². The molecule has 0 heterocycles. The van der Waals surface area contributed by atoms with Crippen LogP contribution in [0.5, 0.6) is 0 Å². The highest BCUT2D eigenvalue weighted by Gasteiger charge is 2.23. The summed E-state index contributed by atoms with van der Waals surface area (Å²) in [6, 6.07) is 3.02. The van der Waals surface area contributed by atoms with Gasteiger partial charge in [-0.1, -0.05) is 13.8 Å². The molecule has 0 spiro atoms. The molecule has 3 N–H and O–H groups in total. The number of carboxylic acids is 1. The number of carbonyl (C=O) groups excluding carboxylic acids is 1. The van der Waals surface area contributed by atoms with Crippen molar-refractivity contribution in [3.05, 3.63) is 39.4 Å². The zero-order valence-electron chi connectivity index (χ0n) is 13.2. The zero-order valence-corrected chi connectivity index (χ0v) is 13.2. The first-order valence-electron chi connectivity index (χ1n) is 7.01. The van der Waals surface area contributed by atoms with Crippen molar-refractivity contribution in [3.8, 4) is 0 Å². The van der Waals surface area contributed by atoms with E-state index < -0.39 is 28.6 Å². The summed E-state index contributed by atoms with van der Waals surface area (Å²) < 4.78 is 0. The Morgan fingerprint density at radius 2 is 1.87 bits per heavy atom. The van der Waals surface area contributed by atoms with Crippen molar-refractivity contribution in [1.82, 2.24) is 5.32 Å². The van der Waals surface area contributed by atoms with E-state index in [9.17, 15) is 24.8 Å². The van der Waals surface area contributed by atoms with Gasteiger partial charge in [0.15, 0.2) is 0 Å². The number of amides is 1. The summed E-state index contributed by atoms with van der Waals surface area (Å²) in [6.07, 6.45) is -0.0684. The first-order valence-corrected chi connectivity index (χ1v) is 7.01. The Bertz CT molecular complexity index is 592. The number of hydrogen-bond donors (Lipinski definition) is 3. The van der Waals surface area contributed by atoms with E-state index in [1.54, 1.807) is 6.92 Å². The molecule has 0 aliphatic heterocycles. The molecule has 0 saturated heterocycles. The first kappa shape index (κ1) is 18.6. The maximum atomic E-state index is 12.1. The van der Waals surface area contributed by atoms with Crippen molar-refractivity contribution < 1.29 is 24.7 Å². The van der Waals surface area contributed by atoms with Gasteiger partial charge in [0.25, 0.3) is 11.6 Å². The van der Waals surface area contributed by atoms with Crippen LogP contribution in [-0.4, -0.2) is 39.7 Å². The lowest BCUT2D eigenvalue weighted by Gasteiger charge is -2.26. The molecule has 0 radical (unpaired) electrons. The van der Waals surface area contributed by atoms with Gasteiger partial charge in [0.05, 0.1) is 16.6 Å². The SMILES string of the molecule is CC(O)CC(C)(C)CNC(=O)c1cc(C(=O)O)cc([N+](=O)[O-])c1. The summed E-state index contributed by atoms with van der Waals surface area (Å²) in [7, 11) is 0. The summed E-state index contributed by atoms with van der Waals surface area (Å²) in [5, 5.41) is 31.8. The average molecular weight is 324 g/mol. The van der Waals surface area contributed by atoms with E-state index in [2.05, 4.69) is 5.32 Å². The van der Waals surface area contributed by atoms with Crippen LogP contribution in [0.2, 0.25) is 0 Å². The van der Waals surface area contributed by atoms with Gasteiger partial charge in [-0.05, 0) is 24.8 Å². The highest BCUT2D eigenvalue weighted by atomic mass is 16.6. The molecule has 1 amide bonds. The molecule has 8 heteroatoms. The van der Waals surface area contributed by atoms with Crippen LogP contribution in [-0.2, 0) is 0 Å². The fraction of sp³-hybridized carbons (Fsp3) is 0.467. The summed E-state index contributed by atoms with van der Waals surface area (Å²) in [5.41, 5.74) is -1.25. The molecule has 8 nitrogen and oxygen atoms in total. The van der Waals surface area contributed by atoms with Crippen LogP contribution in [0.15, 0.2) is 18.2 Å². The molecule has 1 rings (SSSR count). The topological polar surface area (TPSA) is 130 Å². The van der Waals surface area contributed by atoms with Crippen LogP contribution in [0.1, 0.15) is 47.9 Å². The van der Waals surface area contributed by atoms with Gasteiger partial charge in [-0.15, -0.1) is 0 Å². The first-order chi connectivity index (χ1) is 10.5. The number of nitro benzene ring substituents is 1. The second kappa shape index (κ2) is 7.19. The summed E-state index contributed by atoms with van der Waals surface area (Å²) in [4.78, 5) is 33.2. The molecule has 1 aromatic rings. The highest BCUT2D eigenvalue weighted by molar-refractivity contribution is 5.98. The third-order valence-corrected chi connectivity index (χ3v) is 3.21. The standard InChI is InChI=1S/C15H20N2O6/c1-9(18)7-15(2,3)8-16-13(19)10-4-11(14(20)21)6-12(5-10)17(22)23/h4-6,9,18H,7-8H2,1-3H3,(H,16,19)(H,20,21). The molecular formula is C15H20N2O6. The number of aliphatic hydroxyl groups excluding tert-OH is 1. The number of carboxylic acid groups (broad SMARTS) is 1. The van der Waals surface area contributed by atoms with Gasteiger partial charge >= 0.3 is 5.97 Å². The Kier molecular flexibility index (Phi) is 5.80. The molecule has 1 aromatic carbocycles. The van der Waals surface area contributed by atoms with E-state index in [4.69, 9.17) is 5.11 Å². The monoisotopic (exact) mass is 324 g/mol. The van der Waals surface area contributed by atoms with Crippen LogP contribution in [0.3, 0.4) is 0 Å². The van der Waals surface area contributed by atoms with Crippen LogP contribution >= 0.6 is 0 Å². The van der Waals surface area contributed by atoms with E-state index in [0.29, 0.717) is 6.42 Å². The number of benzene rings is 1. The fourth-order valence-electron chi connectivity index (χ4n) is 2.26. The third-order valence-electron chi connectivity index (χ3n) is 3.21. The molecule has 0 fully saturated rings. The van der Waals surface area contributed by atoms with Crippen LogP contribution in [0.25, 0.3) is 0 Å². The summed E-state index contributed by atoms with van der Waals surface area (Å²) in [5.74, 6) is -1.95. The Morgan fingerprint density at radius 1 is 1.30 bits per heavy atom. The Balaban J connectivity index is 2.95. The van der Waals surface area contributed by atoms with Gasteiger partial charge in [-0.25, -0.2) is 4.79 Å². The Hall–Kier alpha value is -2.48. The second-order valence-corrected chi connectivity index (χ2v) is 6.23. The molecule has 0 bridgehead atoms. The van der Waals surface area contributed by atoms with Gasteiger partial charge < -0.3 is 15.5 Å². The average Bonchev–Trinajstić information content (AvgIpc) is 2.42. The van der Waals surface area contributed by atoms with Crippen molar-refractivity contribution in [3.63, 3.8) is 0 Å². The summed E-state index contributed by atoms with van der Waals surface area (Å²) >= 11 is 0. The van der Waals surface area contributed by atoms with Crippen molar-refractivity contribution in [2.75, 3.05) is 6.54 Å². The van der Waals surface area contributed by atoms with Crippen molar-refractivity contribution >= 4 is 17.6 Å². The number of aliphatic hydroxyl groups is 1. The van der Waals surface area contributed by atoms with E-state index in [1.165, 1.54) is 0 Å². The van der Waals surface area contributed by atoms with Gasteiger partial charge in [0, 0.05) is 24.2 Å². The minimum absolute atomic E-state index is 0.0931. The van der Waals surface area contributed by atoms with Crippen molar-refractivity contribution in [1.29, 1.82) is 0 Å². The van der Waals surface area contributed by atoms with Gasteiger partial charge in [-0.2, -0.15) is 0 Å². The molecule has 126 valence electrons. The minimum Gasteiger partial charge on any atom is -0.478 e. The number of non-ortho nitro benzene ring substituents is 1. The minimum atomic E-state index is -1.35. The largest absolute Gasteiger partial charge is 0.478 e. The van der Waals surface area contributed by atoms with Crippen LogP contribution in [0, 0.1) is 15.5 Å². The van der Waals surface area contributed by atoms with E-state index in [1.807, 2.05) is 13.8 Å². The molecule has 23 heavy (non-hydrogen) atoms. The number of rotatable bonds is 7. The van der Waals surface area contributed by atoms with Crippen molar-refractivity contribution in [2.45, 2.75) is 33.3 Å². The van der Waals surface area contributed by atoms with Gasteiger partial charge in [0.1, 0.15) is 0 Å². The molecular weight excluding hydrogens is 304 g/mol. The van der Waals surface area contributed by atoms with E-state index in [0.717, 1.165) is 18.2 Å². The fourth-order valence-corrected chi connectivity index (χ4v) is 2.26.